The van der Waals surface area contributed by atoms with Gasteiger partial charge in [0.25, 0.3) is 5.91 Å². The van der Waals surface area contributed by atoms with E-state index in [1.807, 2.05) is 18.2 Å². The van der Waals surface area contributed by atoms with Gasteiger partial charge in [0.2, 0.25) is 5.91 Å². The highest BCUT2D eigenvalue weighted by Crippen LogP contribution is 2.42. The van der Waals surface area contributed by atoms with Crippen molar-refractivity contribution in [3.63, 3.8) is 0 Å². The van der Waals surface area contributed by atoms with Crippen LogP contribution in [-0.4, -0.2) is 50.2 Å². The highest BCUT2D eigenvalue weighted by molar-refractivity contribution is 8.14. The number of nitrogens with one attached hydrogen (secondary N) is 3. The van der Waals surface area contributed by atoms with Crippen molar-refractivity contribution in [3.8, 4) is 0 Å². The minimum atomic E-state index is -4.17. The van der Waals surface area contributed by atoms with E-state index >= 15 is 0 Å². The van der Waals surface area contributed by atoms with E-state index in [0.29, 0.717) is 38.0 Å². The maximum Gasteiger partial charge on any atom is 0.263 e. The second-order valence-corrected chi connectivity index (χ2v) is 12.4. The summed E-state index contributed by atoms with van der Waals surface area (Å²) in [6.45, 7) is 0.759. The summed E-state index contributed by atoms with van der Waals surface area (Å²) in [6.07, 6.45) is 5.14. The van der Waals surface area contributed by atoms with Gasteiger partial charge in [-0.25, -0.2) is 0 Å². The number of hydrogen-bond donors (Lipinski definition) is 4. The molecule has 3 aliphatic rings. The van der Waals surface area contributed by atoms with Crippen molar-refractivity contribution in [1.82, 2.24) is 15.4 Å². The van der Waals surface area contributed by atoms with Crippen LogP contribution in [0.15, 0.2) is 30.3 Å². The molecule has 0 radical (unpaired) electrons. The summed E-state index contributed by atoms with van der Waals surface area (Å²) in [6, 6.07) is 9.86. The van der Waals surface area contributed by atoms with Crippen LogP contribution in [0.2, 0.25) is 0 Å². The van der Waals surface area contributed by atoms with Gasteiger partial charge in [-0.05, 0) is 56.6 Å². The molecule has 2 amide bonds. The van der Waals surface area contributed by atoms with Crippen LogP contribution in [0.3, 0.4) is 0 Å². The smallest absolute Gasteiger partial charge is 0.263 e. The predicted molar refractivity (Wildman–Crippen MR) is 108 cm³/mol. The normalized spacial score (nSPS) is 27.4. The number of amides is 2. The molecule has 1 heterocycles. The van der Waals surface area contributed by atoms with Gasteiger partial charge >= 0.3 is 0 Å². The van der Waals surface area contributed by atoms with Crippen LogP contribution in [-0.2, 0) is 25.5 Å². The maximum atomic E-state index is 12.7. The van der Waals surface area contributed by atoms with Gasteiger partial charge in [-0.15, -0.1) is 9.53 Å². The van der Waals surface area contributed by atoms with Crippen molar-refractivity contribution in [1.29, 1.82) is 0 Å². The number of rotatable bonds is 7. The van der Waals surface area contributed by atoms with Gasteiger partial charge in [-0.1, -0.05) is 30.3 Å². The molecule has 8 heteroatoms. The van der Waals surface area contributed by atoms with Gasteiger partial charge in [0, 0.05) is 6.26 Å². The van der Waals surface area contributed by atoms with E-state index in [1.54, 1.807) is 0 Å². The molecule has 2 atom stereocenters. The molecule has 2 aliphatic carbocycles. The number of carbonyl (C=O) groups is 2. The Morgan fingerprint density at radius 3 is 2.54 bits per heavy atom. The average molecular weight is 408 g/mol. The molecule has 7 nitrogen and oxygen atoms in total. The molecule has 0 spiro atoms. The maximum absolute atomic E-state index is 12.7. The van der Waals surface area contributed by atoms with Gasteiger partial charge in [-0.3, -0.25) is 18.9 Å². The molecule has 1 saturated heterocycles. The van der Waals surface area contributed by atoms with Crippen LogP contribution < -0.4 is 15.4 Å². The van der Waals surface area contributed by atoms with E-state index in [-0.39, 0.29) is 17.2 Å². The van der Waals surface area contributed by atoms with Gasteiger partial charge in [-0.2, -0.15) is 4.21 Å². The largest absolute Gasteiger partial charge is 0.340 e. The monoisotopic (exact) mass is 407 g/mol. The molecule has 4 N–H and O–H groups in total. The first kappa shape index (κ1) is 19.5. The average Bonchev–Trinajstić information content (AvgIpc) is 3.54. The zero-order valence-electron chi connectivity index (χ0n) is 16.1. The Morgan fingerprint density at radius 1 is 1.25 bits per heavy atom. The molecular weight excluding hydrogens is 378 g/mol. The van der Waals surface area contributed by atoms with Crippen molar-refractivity contribution in [3.05, 3.63) is 35.9 Å². The van der Waals surface area contributed by atoms with Crippen LogP contribution >= 0.6 is 0 Å². The first-order valence-corrected chi connectivity index (χ1v) is 12.4. The summed E-state index contributed by atoms with van der Waals surface area (Å²) in [5, 5.41) is 5.73. The lowest BCUT2D eigenvalue weighted by atomic mass is 9.96. The topological polar surface area (TPSA) is 108 Å². The molecule has 3 fully saturated rings. The van der Waals surface area contributed by atoms with Crippen LogP contribution in [0.1, 0.15) is 37.7 Å². The number of hydrogen-bond acceptors (Lipinski definition) is 4. The Labute approximate surface area is 165 Å². The van der Waals surface area contributed by atoms with Gasteiger partial charge in [0.15, 0.2) is 0 Å². The molecule has 1 aromatic carbocycles. The van der Waals surface area contributed by atoms with Crippen LogP contribution in [0, 0.1) is 5.92 Å². The third kappa shape index (κ3) is 4.14. The fourth-order valence-electron chi connectivity index (χ4n) is 4.00. The van der Waals surface area contributed by atoms with Crippen molar-refractivity contribution in [2.45, 2.75) is 55.4 Å². The Hall–Kier alpha value is -1.77. The molecule has 154 valence electrons. The number of carbonyl (C=O) groups excluding carboxylic acids is 2. The number of benzene rings is 1. The van der Waals surface area contributed by atoms with E-state index in [9.17, 15) is 18.4 Å². The third-order valence-electron chi connectivity index (χ3n) is 6.10. The third-order valence-corrected chi connectivity index (χ3v) is 8.83. The standard InChI is InChI=1S/C20H29N3O4S/c1-28(26,27,16-7-8-16)23-19(25)20(9-10-20)22-18(24)17-12-15(13-21-17)11-14-5-3-2-4-6-14/h2-6,15-17,21H,7-13H2,1H3,(H,22,24)(H2,23,25,26,27)/t15-,17+/m1/s1. The Bertz CT molecular complexity index is 842. The van der Waals surface area contributed by atoms with Crippen LogP contribution in [0.4, 0.5) is 0 Å². The fourth-order valence-corrected chi connectivity index (χ4v) is 6.06. The van der Waals surface area contributed by atoms with Crippen LogP contribution in [0.25, 0.3) is 0 Å². The predicted octanol–water partition coefficient (Wildman–Crippen LogP) is 0.973. The summed E-state index contributed by atoms with van der Waals surface area (Å²) in [5.74, 6) is -0.366. The second-order valence-electron chi connectivity index (χ2n) is 8.81. The molecule has 0 unspecified atom stereocenters. The summed E-state index contributed by atoms with van der Waals surface area (Å²) in [5.41, 5.74) is 0.214. The van der Waals surface area contributed by atoms with E-state index in [2.05, 4.69) is 27.5 Å². The summed E-state index contributed by atoms with van der Waals surface area (Å²) in [4.78, 5) is 25.4. The SMILES string of the molecule is CS(=O)(O)(NC(=O)C1(NC(=O)[C@@H]2C[C@@H](Cc3ccccc3)CN2)CC1)C1CC1. The molecule has 28 heavy (non-hydrogen) atoms. The van der Waals surface area contributed by atoms with E-state index in [1.165, 1.54) is 11.8 Å². The summed E-state index contributed by atoms with van der Waals surface area (Å²) in [7, 11) is -4.17. The van der Waals surface area contributed by atoms with Crippen molar-refractivity contribution < 1.29 is 18.4 Å². The zero-order valence-corrected chi connectivity index (χ0v) is 17.0. The second kappa shape index (κ2) is 6.64. The molecular formula is C20H29N3O4S. The van der Waals surface area contributed by atoms with E-state index in [0.717, 1.165) is 13.0 Å². The lowest BCUT2D eigenvalue weighted by Crippen LogP contribution is -2.60. The van der Waals surface area contributed by atoms with E-state index < -0.39 is 21.0 Å². The highest BCUT2D eigenvalue weighted by Gasteiger charge is 2.55. The van der Waals surface area contributed by atoms with Crippen LogP contribution in [0.5, 0.6) is 0 Å². The van der Waals surface area contributed by atoms with Crippen molar-refractivity contribution in [2.24, 2.45) is 5.92 Å². The highest BCUT2D eigenvalue weighted by atomic mass is 32.3. The summed E-state index contributed by atoms with van der Waals surface area (Å²) >= 11 is 0. The van der Waals surface area contributed by atoms with Crippen molar-refractivity contribution in [2.75, 3.05) is 12.8 Å². The Kier molecular flexibility index (Phi) is 4.63. The Balaban J connectivity index is 1.32. The van der Waals surface area contributed by atoms with Crippen molar-refractivity contribution >= 4 is 21.3 Å². The van der Waals surface area contributed by atoms with Gasteiger partial charge in [0.05, 0.1) is 11.3 Å². The quantitative estimate of drug-likeness (QED) is 0.539. The Morgan fingerprint density at radius 2 is 1.93 bits per heavy atom. The van der Waals surface area contributed by atoms with Gasteiger partial charge < -0.3 is 10.6 Å². The first-order chi connectivity index (χ1) is 13.2. The molecule has 2 saturated carbocycles. The molecule has 0 aromatic heterocycles. The lowest BCUT2D eigenvalue weighted by molar-refractivity contribution is -0.130. The van der Waals surface area contributed by atoms with Gasteiger partial charge in [0.1, 0.15) is 5.54 Å². The minimum Gasteiger partial charge on any atom is -0.340 e. The van der Waals surface area contributed by atoms with E-state index in [4.69, 9.17) is 0 Å². The molecule has 1 aliphatic heterocycles. The minimum absolute atomic E-state index is 0.202. The molecule has 1 aromatic rings. The zero-order chi connectivity index (χ0) is 20.0. The molecule has 4 rings (SSSR count). The first-order valence-electron chi connectivity index (χ1n) is 9.96. The fraction of sp³-hybridized carbons (Fsp3) is 0.600. The molecule has 0 bridgehead atoms. The lowest BCUT2D eigenvalue weighted by Gasteiger charge is -2.41. The summed E-state index contributed by atoms with van der Waals surface area (Å²) < 4.78 is 25.5.